The molecule has 1 fully saturated rings. The van der Waals surface area contributed by atoms with Crippen molar-refractivity contribution in [3.63, 3.8) is 0 Å². The fourth-order valence-corrected chi connectivity index (χ4v) is 2.30. The van der Waals surface area contributed by atoms with Gasteiger partial charge in [-0.25, -0.2) is 4.98 Å². The summed E-state index contributed by atoms with van der Waals surface area (Å²) in [6, 6.07) is 3.43. The van der Waals surface area contributed by atoms with Crippen molar-refractivity contribution in [2.45, 2.75) is 32.6 Å². The van der Waals surface area contributed by atoms with Crippen molar-refractivity contribution in [1.29, 1.82) is 0 Å². The van der Waals surface area contributed by atoms with Crippen molar-refractivity contribution in [3.8, 4) is 0 Å². The van der Waals surface area contributed by atoms with Crippen LogP contribution in [0.2, 0.25) is 0 Å². The van der Waals surface area contributed by atoms with Gasteiger partial charge in [-0.2, -0.15) is 0 Å². The third kappa shape index (κ3) is 3.70. The summed E-state index contributed by atoms with van der Waals surface area (Å²) in [5, 5.41) is 3.01. The summed E-state index contributed by atoms with van der Waals surface area (Å²) >= 11 is 0. The second kappa shape index (κ2) is 6.22. The van der Waals surface area contributed by atoms with Crippen LogP contribution in [0.5, 0.6) is 0 Å². The van der Waals surface area contributed by atoms with Crippen molar-refractivity contribution in [3.05, 3.63) is 23.4 Å². The van der Waals surface area contributed by atoms with Crippen LogP contribution in [0.3, 0.4) is 0 Å². The van der Waals surface area contributed by atoms with Gasteiger partial charge in [-0.05, 0) is 43.2 Å². The molecule has 2 rings (SSSR count). The van der Waals surface area contributed by atoms with E-state index in [-0.39, 0.29) is 11.3 Å². The number of anilines is 1. The molecule has 0 atom stereocenters. The molecule has 0 bridgehead atoms. The van der Waals surface area contributed by atoms with Gasteiger partial charge in [-0.1, -0.05) is 6.92 Å². The molecular formula is C15H23N3O2. The van der Waals surface area contributed by atoms with E-state index in [9.17, 15) is 4.79 Å². The van der Waals surface area contributed by atoms with Gasteiger partial charge < -0.3 is 15.8 Å². The lowest BCUT2D eigenvalue weighted by molar-refractivity contribution is 0.0937. The molecule has 5 heteroatoms. The Kier molecular flexibility index (Phi) is 4.60. The number of methoxy groups -OCH3 is 1. The summed E-state index contributed by atoms with van der Waals surface area (Å²) < 4.78 is 5.12. The molecule has 5 nitrogen and oxygen atoms in total. The molecule has 0 radical (unpaired) electrons. The third-order valence-electron chi connectivity index (χ3n) is 3.94. The van der Waals surface area contributed by atoms with E-state index in [1.165, 1.54) is 0 Å². The van der Waals surface area contributed by atoms with Crippen LogP contribution >= 0.6 is 0 Å². The molecule has 1 saturated carbocycles. The molecule has 20 heavy (non-hydrogen) atoms. The van der Waals surface area contributed by atoms with Crippen molar-refractivity contribution in [2.24, 2.45) is 5.41 Å². The Hall–Kier alpha value is -1.62. The molecule has 1 heterocycles. The maximum Gasteiger partial charge on any atom is 0.251 e. The lowest BCUT2D eigenvalue weighted by Crippen LogP contribution is -2.31. The Morgan fingerprint density at radius 3 is 2.85 bits per heavy atom. The Bertz CT molecular complexity index is 484. The highest BCUT2D eigenvalue weighted by Crippen LogP contribution is 2.48. The molecule has 1 aliphatic rings. The lowest BCUT2D eigenvalue weighted by Gasteiger charge is -2.15. The second-order valence-electron chi connectivity index (χ2n) is 5.55. The molecule has 1 aliphatic carbocycles. The number of rotatable bonds is 7. The number of nitrogens with one attached hydrogen (secondary N) is 1. The highest BCUT2D eigenvalue weighted by atomic mass is 16.5. The Balaban J connectivity index is 1.93. The van der Waals surface area contributed by atoms with Crippen molar-refractivity contribution in [1.82, 2.24) is 10.3 Å². The first-order valence-corrected chi connectivity index (χ1v) is 7.12. The Morgan fingerprint density at radius 1 is 1.50 bits per heavy atom. The zero-order chi connectivity index (χ0) is 14.6. The molecule has 1 aromatic rings. The maximum absolute atomic E-state index is 12.2. The summed E-state index contributed by atoms with van der Waals surface area (Å²) in [4.78, 5) is 16.4. The van der Waals surface area contributed by atoms with Crippen LogP contribution in [0, 0.1) is 5.41 Å². The summed E-state index contributed by atoms with van der Waals surface area (Å²) in [6.45, 7) is 3.45. The summed E-state index contributed by atoms with van der Waals surface area (Å²) in [5.74, 6) is 0.326. The fourth-order valence-electron chi connectivity index (χ4n) is 2.30. The normalized spacial score (nSPS) is 15.9. The molecular weight excluding hydrogens is 254 g/mol. The number of aromatic nitrogens is 1. The summed E-state index contributed by atoms with van der Waals surface area (Å²) in [7, 11) is 1.71. The van der Waals surface area contributed by atoms with Crippen molar-refractivity contribution in [2.75, 3.05) is 26.0 Å². The Labute approximate surface area is 119 Å². The van der Waals surface area contributed by atoms with Gasteiger partial charge in [0.2, 0.25) is 0 Å². The van der Waals surface area contributed by atoms with Crippen LogP contribution < -0.4 is 11.1 Å². The van der Waals surface area contributed by atoms with E-state index in [4.69, 9.17) is 10.5 Å². The Morgan fingerprint density at radius 2 is 2.25 bits per heavy atom. The van der Waals surface area contributed by atoms with Crippen LogP contribution in [0.15, 0.2) is 12.1 Å². The van der Waals surface area contributed by atoms with E-state index >= 15 is 0 Å². The van der Waals surface area contributed by atoms with Crippen molar-refractivity contribution >= 4 is 11.7 Å². The van der Waals surface area contributed by atoms with E-state index in [2.05, 4.69) is 10.3 Å². The number of nitrogen functional groups attached to an aromatic ring is 1. The number of carbonyl (C=O) groups is 1. The van der Waals surface area contributed by atoms with Gasteiger partial charge in [0, 0.05) is 31.5 Å². The van der Waals surface area contributed by atoms with Gasteiger partial charge in [0.25, 0.3) is 5.91 Å². The monoisotopic (exact) mass is 277 g/mol. The van der Waals surface area contributed by atoms with Gasteiger partial charge in [-0.3, -0.25) is 4.79 Å². The smallest absolute Gasteiger partial charge is 0.251 e. The quantitative estimate of drug-likeness (QED) is 0.796. The van der Waals surface area contributed by atoms with Crippen LogP contribution in [-0.2, 0) is 11.2 Å². The molecule has 0 aromatic carbocycles. The molecule has 0 unspecified atom stereocenters. The van der Waals surface area contributed by atoms with E-state index < -0.39 is 0 Å². The minimum Gasteiger partial charge on any atom is -0.385 e. The van der Waals surface area contributed by atoms with E-state index in [0.717, 1.165) is 38.0 Å². The van der Waals surface area contributed by atoms with E-state index in [1.54, 1.807) is 19.2 Å². The number of hydrogen-bond donors (Lipinski definition) is 2. The number of nitrogens with two attached hydrogens (primary N) is 1. The van der Waals surface area contributed by atoms with Gasteiger partial charge in [0.05, 0.1) is 0 Å². The first kappa shape index (κ1) is 14.8. The number of nitrogens with zero attached hydrogens (tertiary/aromatic N) is 1. The average molecular weight is 277 g/mol. The minimum atomic E-state index is -0.0718. The number of pyridine rings is 1. The topological polar surface area (TPSA) is 77.2 Å². The van der Waals surface area contributed by atoms with Crippen LogP contribution in [-0.4, -0.2) is 31.2 Å². The fraction of sp³-hybridized carbons (Fsp3) is 0.600. The van der Waals surface area contributed by atoms with Gasteiger partial charge >= 0.3 is 0 Å². The molecule has 0 spiro atoms. The second-order valence-corrected chi connectivity index (χ2v) is 5.55. The van der Waals surface area contributed by atoms with E-state index in [1.807, 2.05) is 6.92 Å². The largest absolute Gasteiger partial charge is 0.385 e. The molecule has 1 aromatic heterocycles. The average Bonchev–Trinajstić information content (AvgIpc) is 3.22. The van der Waals surface area contributed by atoms with Gasteiger partial charge in [0.1, 0.15) is 5.82 Å². The highest BCUT2D eigenvalue weighted by Gasteiger charge is 2.42. The molecule has 0 saturated heterocycles. The number of amides is 1. The molecule has 0 aliphatic heterocycles. The SMILES string of the molecule is CCc1cc(C(=O)NCC2(CCOC)CC2)cc(N)n1. The molecule has 110 valence electrons. The van der Waals surface area contributed by atoms with Crippen LogP contribution in [0.25, 0.3) is 0 Å². The predicted molar refractivity (Wildman–Crippen MR) is 78.5 cm³/mol. The van der Waals surface area contributed by atoms with Gasteiger partial charge in [0.15, 0.2) is 0 Å². The molecule has 1 amide bonds. The van der Waals surface area contributed by atoms with Gasteiger partial charge in [-0.15, -0.1) is 0 Å². The zero-order valence-corrected chi connectivity index (χ0v) is 12.2. The first-order valence-electron chi connectivity index (χ1n) is 7.12. The maximum atomic E-state index is 12.2. The first-order chi connectivity index (χ1) is 9.58. The third-order valence-corrected chi connectivity index (χ3v) is 3.94. The minimum absolute atomic E-state index is 0.0718. The number of carbonyl (C=O) groups excluding carboxylic acids is 1. The van der Waals surface area contributed by atoms with Crippen LogP contribution in [0.1, 0.15) is 42.2 Å². The molecule has 3 N–H and O–H groups in total. The lowest BCUT2D eigenvalue weighted by atomic mass is 10.0. The van der Waals surface area contributed by atoms with Crippen molar-refractivity contribution < 1.29 is 9.53 Å². The summed E-state index contributed by atoms with van der Waals surface area (Å²) in [5.41, 5.74) is 7.41. The van der Waals surface area contributed by atoms with E-state index in [0.29, 0.717) is 17.9 Å². The standard InChI is InChI=1S/C15H23N3O2/c1-3-12-8-11(9-13(16)18-12)14(19)17-10-15(4-5-15)6-7-20-2/h8-9H,3-7,10H2,1-2H3,(H2,16,18)(H,17,19). The zero-order valence-electron chi connectivity index (χ0n) is 12.2. The number of ether oxygens (including phenoxy) is 1. The number of aryl methyl sites for hydroxylation is 1. The number of hydrogen-bond acceptors (Lipinski definition) is 4. The predicted octanol–water partition coefficient (Wildman–Crippen LogP) is 1.77. The highest BCUT2D eigenvalue weighted by molar-refractivity contribution is 5.94. The summed E-state index contributed by atoms with van der Waals surface area (Å²) in [6.07, 6.45) is 4.09. The van der Waals surface area contributed by atoms with Crippen LogP contribution in [0.4, 0.5) is 5.82 Å².